The minimum Gasteiger partial charge on any atom is -0.398 e. The van der Waals surface area contributed by atoms with Crippen molar-refractivity contribution in [3.8, 4) is 0 Å². The minimum atomic E-state index is -0.0959. The SMILES string of the molecule is COC1(C)CCCN(c2ccc(N)c3cc(Br)cnc23)C1. The molecule has 0 spiro atoms. The van der Waals surface area contributed by atoms with Gasteiger partial charge in [0.1, 0.15) is 0 Å². The largest absolute Gasteiger partial charge is 0.398 e. The molecule has 1 atom stereocenters. The van der Waals surface area contributed by atoms with Gasteiger partial charge in [0.05, 0.1) is 16.8 Å². The molecule has 0 bridgehead atoms. The fourth-order valence-electron chi connectivity index (χ4n) is 3.03. The van der Waals surface area contributed by atoms with Gasteiger partial charge >= 0.3 is 0 Å². The number of rotatable bonds is 2. The number of methoxy groups -OCH3 is 1. The molecule has 0 amide bonds. The Morgan fingerprint density at radius 3 is 3.00 bits per heavy atom. The summed E-state index contributed by atoms with van der Waals surface area (Å²) in [6.07, 6.45) is 4.03. The number of fused-ring (bicyclic) bond motifs is 1. The molecule has 1 aromatic carbocycles. The Labute approximate surface area is 133 Å². The number of aromatic nitrogens is 1. The number of nitrogen functional groups attached to an aromatic ring is 1. The molecule has 1 fully saturated rings. The monoisotopic (exact) mass is 349 g/mol. The summed E-state index contributed by atoms with van der Waals surface area (Å²) in [5.74, 6) is 0. The summed E-state index contributed by atoms with van der Waals surface area (Å²) in [6, 6.07) is 6.06. The first-order chi connectivity index (χ1) is 10.0. The molecule has 0 aliphatic carbocycles. The molecule has 4 nitrogen and oxygen atoms in total. The van der Waals surface area contributed by atoms with Crippen LogP contribution in [-0.2, 0) is 4.74 Å². The molecular weight excluding hydrogens is 330 g/mol. The second kappa shape index (κ2) is 5.46. The topological polar surface area (TPSA) is 51.4 Å². The Morgan fingerprint density at radius 2 is 2.24 bits per heavy atom. The van der Waals surface area contributed by atoms with Crippen LogP contribution < -0.4 is 10.6 Å². The van der Waals surface area contributed by atoms with Crippen LogP contribution in [0.1, 0.15) is 19.8 Å². The van der Waals surface area contributed by atoms with Crippen molar-refractivity contribution in [3.05, 3.63) is 28.9 Å². The van der Waals surface area contributed by atoms with Gasteiger partial charge in [0.15, 0.2) is 0 Å². The van der Waals surface area contributed by atoms with Gasteiger partial charge in [-0.15, -0.1) is 0 Å². The van der Waals surface area contributed by atoms with Gasteiger partial charge in [-0.05, 0) is 53.9 Å². The summed E-state index contributed by atoms with van der Waals surface area (Å²) >= 11 is 3.46. The molecule has 112 valence electrons. The average molecular weight is 350 g/mol. The van der Waals surface area contributed by atoms with Crippen LogP contribution in [0.4, 0.5) is 11.4 Å². The van der Waals surface area contributed by atoms with Gasteiger partial charge in [-0.25, -0.2) is 0 Å². The Bertz CT molecular complexity index is 676. The van der Waals surface area contributed by atoms with E-state index < -0.39 is 0 Å². The van der Waals surface area contributed by atoms with Crippen molar-refractivity contribution in [1.29, 1.82) is 0 Å². The maximum Gasteiger partial charge on any atom is 0.0956 e. The zero-order chi connectivity index (χ0) is 15.0. The van der Waals surface area contributed by atoms with Gasteiger partial charge in [-0.3, -0.25) is 4.98 Å². The van der Waals surface area contributed by atoms with E-state index in [1.807, 2.05) is 18.3 Å². The Kier molecular flexibility index (Phi) is 3.80. The standard InChI is InChI=1S/C16H20BrN3O/c1-16(21-2)6-3-7-20(10-16)14-5-4-13(18)12-8-11(17)9-19-15(12)14/h4-5,8-9H,3,6-7,10,18H2,1-2H3. The lowest BCUT2D eigenvalue weighted by Crippen LogP contribution is -2.47. The van der Waals surface area contributed by atoms with E-state index in [4.69, 9.17) is 10.5 Å². The van der Waals surface area contributed by atoms with Crippen LogP contribution in [-0.4, -0.2) is 30.8 Å². The maximum absolute atomic E-state index is 6.10. The van der Waals surface area contributed by atoms with E-state index >= 15 is 0 Å². The van der Waals surface area contributed by atoms with E-state index in [2.05, 4.69) is 38.8 Å². The van der Waals surface area contributed by atoms with Gasteiger partial charge in [-0.1, -0.05) is 0 Å². The molecule has 1 aromatic heterocycles. The predicted octanol–water partition coefficient (Wildman–Crippen LogP) is 3.58. The fraction of sp³-hybridized carbons (Fsp3) is 0.438. The molecule has 0 radical (unpaired) electrons. The van der Waals surface area contributed by atoms with E-state index in [0.29, 0.717) is 0 Å². The quantitative estimate of drug-likeness (QED) is 0.841. The second-order valence-electron chi connectivity index (χ2n) is 5.90. The zero-order valence-corrected chi connectivity index (χ0v) is 14.0. The zero-order valence-electron chi connectivity index (χ0n) is 12.4. The minimum absolute atomic E-state index is 0.0959. The van der Waals surface area contributed by atoms with E-state index in [0.717, 1.165) is 52.7 Å². The van der Waals surface area contributed by atoms with Crippen LogP contribution >= 0.6 is 15.9 Å². The van der Waals surface area contributed by atoms with E-state index in [1.165, 1.54) is 0 Å². The summed E-state index contributed by atoms with van der Waals surface area (Å²) in [4.78, 5) is 6.94. The number of hydrogen-bond acceptors (Lipinski definition) is 4. The van der Waals surface area contributed by atoms with Crippen LogP contribution in [0.5, 0.6) is 0 Å². The Morgan fingerprint density at radius 1 is 1.43 bits per heavy atom. The number of halogens is 1. The lowest BCUT2D eigenvalue weighted by atomic mass is 9.94. The number of nitrogens with zero attached hydrogens (tertiary/aromatic N) is 2. The molecule has 1 aliphatic heterocycles. The summed E-state index contributed by atoms with van der Waals surface area (Å²) in [7, 11) is 1.79. The fourth-order valence-corrected chi connectivity index (χ4v) is 3.37. The highest BCUT2D eigenvalue weighted by Gasteiger charge is 2.31. The number of ether oxygens (including phenoxy) is 1. The molecule has 1 aliphatic rings. The van der Waals surface area contributed by atoms with Crippen molar-refractivity contribution in [2.45, 2.75) is 25.4 Å². The first-order valence-corrected chi connectivity index (χ1v) is 7.95. The Hall–Kier alpha value is -1.33. The van der Waals surface area contributed by atoms with Gasteiger partial charge in [0, 0.05) is 41.9 Å². The smallest absolute Gasteiger partial charge is 0.0956 e. The number of benzene rings is 1. The van der Waals surface area contributed by atoms with E-state index in [-0.39, 0.29) is 5.60 Å². The molecule has 0 saturated carbocycles. The normalized spacial score (nSPS) is 22.7. The molecule has 2 aromatic rings. The molecule has 3 rings (SSSR count). The summed E-state index contributed by atoms with van der Waals surface area (Å²) < 4.78 is 6.63. The van der Waals surface area contributed by atoms with Crippen molar-refractivity contribution in [2.75, 3.05) is 30.8 Å². The molecule has 21 heavy (non-hydrogen) atoms. The third-order valence-electron chi connectivity index (χ3n) is 4.32. The van der Waals surface area contributed by atoms with Crippen molar-refractivity contribution in [3.63, 3.8) is 0 Å². The summed E-state index contributed by atoms with van der Waals surface area (Å²) in [5.41, 5.74) is 8.85. The molecule has 1 saturated heterocycles. The van der Waals surface area contributed by atoms with Gasteiger partial charge in [0.25, 0.3) is 0 Å². The number of piperidine rings is 1. The number of nitrogens with two attached hydrogens (primary N) is 1. The average Bonchev–Trinajstić information content (AvgIpc) is 2.48. The highest BCUT2D eigenvalue weighted by molar-refractivity contribution is 9.10. The van der Waals surface area contributed by atoms with E-state index in [9.17, 15) is 0 Å². The van der Waals surface area contributed by atoms with E-state index in [1.54, 1.807) is 7.11 Å². The highest BCUT2D eigenvalue weighted by atomic mass is 79.9. The van der Waals surface area contributed by atoms with Crippen LogP contribution in [0.2, 0.25) is 0 Å². The van der Waals surface area contributed by atoms with Gasteiger partial charge in [-0.2, -0.15) is 0 Å². The molecule has 5 heteroatoms. The molecular formula is C16H20BrN3O. The van der Waals surface area contributed by atoms with Crippen LogP contribution in [0.3, 0.4) is 0 Å². The third kappa shape index (κ3) is 2.72. The van der Waals surface area contributed by atoms with Crippen molar-refractivity contribution in [2.24, 2.45) is 0 Å². The summed E-state index contributed by atoms with van der Waals surface area (Å²) in [6.45, 7) is 4.07. The first-order valence-electron chi connectivity index (χ1n) is 7.16. The third-order valence-corrected chi connectivity index (χ3v) is 4.75. The van der Waals surface area contributed by atoms with Crippen LogP contribution in [0.25, 0.3) is 10.9 Å². The number of anilines is 2. The molecule has 1 unspecified atom stereocenters. The predicted molar refractivity (Wildman–Crippen MR) is 90.7 cm³/mol. The lowest BCUT2D eigenvalue weighted by molar-refractivity contribution is -0.00460. The second-order valence-corrected chi connectivity index (χ2v) is 6.82. The van der Waals surface area contributed by atoms with Crippen molar-refractivity contribution in [1.82, 2.24) is 4.98 Å². The van der Waals surface area contributed by atoms with Crippen LogP contribution in [0, 0.1) is 0 Å². The van der Waals surface area contributed by atoms with Gasteiger partial charge < -0.3 is 15.4 Å². The first kappa shape index (κ1) is 14.6. The Balaban J connectivity index is 2.06. The highest BCUT2D eigenvalue weighted by Crippen LogP contribution is 2.34. The van der Waals surface area contributed by atoms with Gasteiger partial charge in [0.2, 0.25) is 0 Å². The molecule has 2 heterocycles. The maximum atomic E-state index is 6.10. The molecule has 2 N–H and O–H groups in total. The number of hydrogen-bond donors (Lipinski definition) is 1. The van der Waals surface area contributed by atoms with Crippen molar-refractivity contribution >= 4 is 38.2 Å². The number of pyridine rings is 1. The summed E-state index contributed by atoms with van der Waals surface area (Å²) in [5, 5.41) is 0.992. The lowest BCUT2D eigenvalue weighted by Gasteiger charge is -2.40. The van der Waals surface area contributed by atoms with Crippen molar-refractivity contribution < 1.29 is 4.74 Å². The van der Waals surface area contributed by atoms with Crippen LogP contribution in [0.15, 0.2) is 28.9 Å².